The lowest BCUT2D eigenvalue weighted by atomic mass is 10.1. The molecule has 0 saturated heterocycles. The van der Waals surface area contributed by atoms with Crippen molar-refractivity contribution in [1.29, 1.82) is 0 Å². The van der Waals surface area contributed by atoms with Gasteiger partial charge >= 0.3 is 5.97 Å². The highest BCUT2D eigenvalue weighted by Crippen LogP contribution is 2.13. The number of carbonyl (C=O) groups is 1. The minimum absolute atomic E-state index is 0.323. The average molecular weight is 273 g/mol. The Morgan fingerprint density at radius 2 is 2.00 bits per heavy atom. The van der Waals surface area contributed by atoms with E-state index >= 15 is 0 Å². The second-order valence-corrected chi connectivity index (χ2v) is 5.27. The van der Waals surface area contributed by atoms with Crippen LogP contribution in [-0.4, -0.2) is 18.1 Å². The summed E-state index contributed by atoms with van der Waals surface area (Å²) >= 11 is 0. The molecule has 5 heteroatoms. The SMILES string of the molecule is CC(C)(C)OC(=O)c1ccc(C=CCCN=[N+]=[N-])cc1. The van der Waals surface area contributed by atoms with Crippen molar-refractivity contribution in [3.8, 4) is 0 Å². The van der Waals surface area contributed by atoms with Crippen molar-refractivity contribution in [2.75, 3.05) is 6.54 Å². The quantitative estimate of drug-likeness (QED) is 0.263. The van der Waals surface area contributed by atoms with Crippen LogP contribution in [0, 0.1) is 0 Å². The van der Waals surface area contributed by atoms with E-state index in [-0.39, 0.29) is 5.97 Å². The third-order valence-electron chi connectivity index (χ3n) is 2.31. The van der Waals surface area contributed by atoms with Crippen molar-refractivity contribution in [2.24, 2.45) is 5.11 Å². The molecule has 0 spiro atoms. The number of hydrogen-bond acceptors (Lipinski definition) is 3. The van der Waals surface area contributed by atoms with Gasteiger partial charge in [0.05, 0.1) is 5.56 Å². The molecular formula is C15H19N3O2. The fourth-order valence-electron chi connectivity index (χ4n) is 1.46. The van der Waals surface area contributed by atoms with E-state index in [1.807, 2.05) is 45.1 Å². The van der Waals surface area contributed by atoms with E-state index in [1.165, 1.54) is 0 Å². The van der Waals surface area contributed by atoms with Gasteiger partial charge in [-0.05, 0) is 50.4 Å². The van der Waals surface area contributed by atoms with Crippen molar-refractivity contribution < 1.29 is 9.53 Å². The normalized spacial score (nSPS) is 11.2. The van der Waals surface area contributed by atoms with Crippen LogP contribution in [0.1, 0.15) is 43.1 Å². The number of rotatable bonds is 5. The molecule has 0 unspecified atom stereocenters. The minimum atomic E-state index is -0.489. The molecule has 0 aliphatic heterocycles. The number of nitrogens with zero attached hydrogens (tertiary/aromatic N) is 3. The van der Waals surface area contributed by atoms with Crippen LogP contribution >= 0.6 is 0 Å². The van der Waals surface area contributed by atoms with Gasteiger partial charge in [0.1, 0.15) is 5.60 Å². The molecule has 1 rings (SSSR count). The molecule has 5 nitrogen and oxygen atoms in total. The van der Waals surface area contributed by atoms with E-state index in [9.17, 15) is 4.79 Å². The highest BCUT2D eigenvalue weighted by atomic mass is 16.6. The molecule has 0 amide bonds. The summed E-state index contributed by atoms with van der Waals surface area (Å²) in [5.41, 5.74) is 9.16. The topological polar surface area (TPSA) is 75.1 Å². The second-order valence-electron chi connectivity index (χ2n) is 5.27. The summed E-state index contributed by atoms with van der Waals surface area (Å²) in [5.74, 6) is -0.323. The molecule has 0 radical (unpaired) electrons. The number of ether oxygens (including phenoxy) is 1. The van der Waals surface area contributed by atoms with Crippen LogP contribution in [0.3, 0.4) is 0 Å². The predicted octanol–water partition coefficient (Wildman–Crippen LogP) is 4.36. The van der Waals surface area contributed by atoms with Crippen LogP contribution in [0.15, 0.2) is 35.5 Å². The summed E-state index contributed by atoms with van der Waals surface area (Å²) in [7, 11) is 0. The molecule has 0 N–H and O–H groups in total. The third kappa shape index (κ3) is 6.07. The van der Waals surface area contributed by atoms with Gasteiger partial charge in [0.25, 0.3) is 0 Å². The molecule has 1 aromatic carbocycles. The largest absolute Gasteiger partial charge is 0.456 e. The molecule has 0 aliphatic rings. The van der Waals surface area contributed by atoms with E-state index in [0.717, 1.165) is 5.56 Å². The van der Waals surface area contributed by atoms with Crippen molar-refractivity contribution in [1.82, 2.24) is 0 Å². The van der Waals surface area contributed by atoms with Crippen molar-refractivity contribution in [2.45, 2.75) is 32.8 Å². The highest BCUT2D eigenvalue weighted by Gasteiger charge is 2.17. The zero-order chi connectivity index (χ0) is 15.0. The molecule has 0 fully saturated rings. The van der Waals surface area contributed by atoms with E-state index in [4.69, 9.17) is 10.3 Å². The van der Waals surface area contributed by atoms with Crippen LogP contribution < -0.4 is 0 Å². The van der Waals surface area contributed by atoms with Gasteiger partial charge in [-0.1, -0.05) is 29.4 Å². The second kappa shape index (κ2) is 7.36. The molecule has 0 bridgehead atoms. The zero-order valence-electron chi connectivity index (χ0n) is 12.0. The summed E-state index contributed by atoms with van der Waals surface area (Å²) in [4.78, 5) is 14.5. The molecular weight excluding hydrogens is 254 g/mol. The lowest BCUT2D eigenvalue weighted by Gasteiger charge is -2.19. The number of azide groups is 1. The maximum Gasteiger partial charge on any atom is 0.338 e. The fraction of sp³-hybridized carbons (Fsp3) is 0.400. The number of benzene rings is 1. The van der Waals surface area contributed by atoms with Crippen LogP contribution in [0.4, 0.5) is 0 Å². The highest BCUT2D eigenvalue weighted by molar-refractivity contribution is 5.89. The van der Waals surface area contributed by atoms with Gasteiger partial charge in [-0.2, -0.15) is 0 Å². The Balaban J connectivity index is 2.60. The van der Waals surface area contributed by atoms with E-state index in [0.29, 0.717) is 18.5 Å². The lowest BCUT2D eigenvalue weighted by molar-refractivity contribution is 0.00695. The van der Waals surface area contributed by atoms with Crippen molar-refractivity contribution >= 4 is 12.0 Å². The Morgan fingerprint density at radius 3 is 2.55 bits per heavy atom. The van der Waals surface area contributed by atoms with E-state index in [1.54, 1.807) is 12.1 Å². The van der Waals surface area contributed by atoms with Crippen LogP contribution in [0.2, 0.25) is 0 Å². The lowest BCUT2D eigenvalue weighted by Crippen LogP contribution is -2.23. The Hall–Kier alpha value is -2.26. The summed E-state index contributed by atoms with van der Waals surface area (Å²) in [6, 6.07) is 7.18. The fourth-order valence-corrected chi connectivity index (χ4v) is 1.46. The molecule has 0 heterocycles. The molecule has 0 aliphatic carbocycles. The molecule has 20 heavy (non-hydrogen) atoms. The van der Waals surface area contributed by atoms with Gasteiger partial charge in [-0.25, -0.2) is 4.79 Å². The van der Waals surface area contributed by atoms with Crippen LogP contribution in [0.5, 0.6) is 0 Å². The smallest absolute Gasteiger partial charge is 0.338 e. The van der Waals surface area contributed by atoms with Gasteiger partial charge in [0.15, 0.2) is 0 Å². The number of esters is 1. The first-order valence-corrected chi connectivity index (χ1v) is 6.43. The van der Waals surface area contributed by atoms with Crippen LogP contribution in [0.25, 0.3) is 16.5 Å². The number of hydrogen-bond donors (Lipinski definition) is 0. The van der Waals surface area contributed by atoms with Crippen LogP contribution in [-0.2, 0) is 4.74 Å². The van der Waals surface area contributed by atoms with Gasteiger partial charge in [-0.15, -0.1) is 0 Å². The third-order valence-corrected chi connectivity index (χ3v) is 2.31. The Bertz CT molecular complexity index is 521. The van der Waals surface area contributed by atoms with Gasteiger partial charge < -0.3 is 4.74 Å². The summed E-state index contributed by atoms with van der Waals surface area (Å²) in [5, 5.41) is 3.44. The summed E-state index contributed by atoms with van der Waals surface area (Å²) < 4.78 is 5.29. The molecule has 0 aromatic heterocycles. The number of carbonyl (C=O) groups excluding carboxylic acids is 1. The van der Waals surface area contributed by atoms with E-state index < -0.39 is 5.60 Å². The Morgan fingerprint density at radius 1 is 1.35 bits per heavy atom. The molecule has 0 saturated carbocycles. The monoisotopic (exact) mass is 273 g/mol. The first-order chi connectivity index (χ1) is 9.42. The Labute approximate surface area is 118 Å². The van der Waals surface area contributed by atoms with Gasteiger partial charge in [0, 0.05) is 11.5 Å². The first-order valence-electron chi connectivity index (χ1n) is 6.43. The average Bonchev–Trinajstić information content (AvgIpc) is 2.37. The molecule has 0 atom stereocenters. The maximum atomic E-state index is 11.8. The minimum Gasteiger partial charge on any atom is -0.456 e. The Kier molecular flexibility index (Phi) is 5.81. The molecule has 1 aromatic rings. The maximum absolute atomic E-state index is 11.8. The summed E-state index contributed by atoms with van der Waals surface area (Å²) in [6.45, 7) is 5.96. The van der Waals surface area contributed by atoms with Crippen molar-refractivity contribution in [3.63, 3.8) is 0 Å². The molecule has 106 valence electrons. The predicted molar refractivity (Wildman–Crippen MR) is 79.3 cm³/mol. The van der Waals surface area contributed by atoms with Gasteiger partial charge in [0.2, 0.25) is 0 Å². The van der Waals surface area contributed by atoms with E-state index in [2.05, 4.69) is 10.0 Å². The standard InChI is InChI=1S/C15H19N3O2/c1-15(2,3)20-14(19)13-9-7-12(8-10-13)6-4-5-11-17-18-16/h4,6-10H,5,11H2,1-3H3. The summed E-state index contributed by atoms with van der Waals surface area (Å²) in [6.07, 6.45) is 4.54. The zero-order valence-corrected chi connectivity index (χ0v) is 12.0. The van der Waals surface area contributed by atoms with Gasteiger partial charge in [-0.3, -0.25) is 0 Å². The first kappa shape index (κ1) is 15.8. The van der Waals surface area contributed by atoms with Crippen molar-refractivity contribution in [3.05, 3.63) is 51.9 Å².